The highest BCUT2D eigenvalue weighted by molar-refractivity contribution is 6.31. The van der Waals surface area contributed by atoms with Crippen LogP contribution in [0, 0.1) is 6.92 Å². The molecule has 1 unspecified atom stereocenters. The molecule has 3 aromatic rings. The van der Waals surface area contributed by atoms with Gasteiger partial charge in [0.05, 0.1) is 0 Å². The first-order chi connectivity index (χ1) is 16.5. The van der Waals surface area contributed by atoms with Crippen molar-refractivity contribution < 1.29 is 19.1 Å². The zero-order valence-corrected chi connectivity index (χ0v) is 21.3. The van der Waals surface area contributed by atoms with Crippen molar-refractivity contribution in [3.8, 4) is 0 Å². The van der Waals surface area contributed by atoms with Crippen molar-refractivity contribution >= 4 is 23.5 Å². The standard InChI is InChI=1S/C29H32ClNO4/c1-20-14-16-22(17-15-20)29(21-10-6-5-7-11-21,23-12-8-9-13-24(23)30)35-27(33)25(31)18-19-26(32)34-28(2,3)4/h5-17,25H,18-19,31H2,1-4H3/t25-,29?/m0/s1. The SMILES string of the molecule is Cc1ccc(C(OC(=O)[C@@H](N)CCC(=O)OC(C)(C)C)(c2ccccc2)c2ccccc2Cl)cc1. The molecule has 0 fully saturated rings. The number of rotatable bonds is 8. The Morgan fingerprint density at radius 1 is 0.857 bits per heavy atom. The molecule has 3 aromatic carbocycles. The van der Waals surface area contributed by atoms with Crippen molar-refractivity contribution in [3.05, 3.63) is 106 Å². The molecule has 0 saturated heterocycles. The van der Waals surface area contributed by atoms with Crippen molar-refractivity contribution in [2.75, 3.05) is 0 Å². The van der Waals surface area contributed by atoms with Gasteiger partial charge in [0.2, 0.25) is 0 Å². The predicted octanol–water partition coefficient (Wildman–Crippen LogP) is 5.93. The summed E-state index contributed by atoms with van der Waals surface area (Å²) in [6.07, 6.45) is 0.0948. The van der Waals surface area contributed by atoms with Crippen molar-refractivity contribution in [3.63, 3.8) is 0 Å². The summed E-state index contributed by atoms with van der Waals surface area (Å²) in [5, 5.41) is 0.451. The monoisotopic (exact) mass is 493 g/mol. The molecule has 0 amide bonds. The smallest absolute Gasteiger partial charge is 0.324 e. The number of hydrogen-bond acceptors (Lipinski definition) is 5. The normalized spacial score (nSPS) is 14.0. The Hall–Kier alpha value is -3.15. The average Bonchev–Trinajstić information content (AvgIpc) is 2.81. The molecule has 0 aliphatic rings. The molecule has 2 N–H and O–H groups in total. The quantitative estimate of drug-likeness (QED) is 0.310. The van der Waals surface area contributed by atoms with Crippen molar-refractivity contribution in [1.82, 2.24) is 0 Å². The van der Waals surface area contributed by atoms with Gasteiger partial charge in [-0.25, -0.2) is 0 Å². The number of benzene rings is 3. The van der Waals surface area contributed by atoms with Gasteiger partial charge in [0.15, 0.2) is 5.60 Å². The number of ether oxygens (including phenoxy) is 2. The van der Waals surface area contributed by atoms with Crippen LogP contribution in [0.5, 0.6) is 0 Å². The van der Waals surface area contributed by atoms with Gasteiger partial charge in [0, 0.05) is 28.1 Å². The van der Waals surface area contributed by atoms with Crippen LogP contribution in [-0.2, 0) is 24.7 Å². The van der Waals surface area contributed by atoms with Crippen LogP contribution in [0.15, 0.2) is 78.9 Å². The van der Waals surface area contributed by atoms with Crippen LogP contribution in [0.2, 0.25) is 5.02 Å². The molecule has 3 rings (SSSR count). The van der Waals surface area contributed by atoms with Crippen LogP contribution >= 0.6 is 11.6 Å². The highest BCUT2D eigenvalue weighted by Gasteiger charge is 2.43. The summed E-state index contributed by atoms with van der Waals surface area (Å²) in [6, 6.07) is 23.4. The molecule has 2 atom stereocenters. The lowest BCUT2D eigenvalue weighted by atomic mass is 9.79. The minimum Gasteiger partial charge on any atom is -0.460 e. The minimum atomic E-state index is -1.34. The number of esters is 2. The molecule has 0 aliphatic carbocycles. The minimum absolute atomic E-state index is 0.00248. The van der Waals surface area contributed by atoms with E-state index in [0.717, 1.165) is 16.7 Å². The van der Waals surface area contributed by atoms with E-state index in [1.54, 1.807) is 26.8 Å². The van der Waals surface area contributed by atoms with Crippen molar-refractivity contribution in [1.29, 1.82) is 0 Å². The fourth-order valence-electron chi connectivity index (χ4n) is 3.87. The largest absolute Gasteiger partial charge is 0.460 e. The molecule has 0 heterocycles. The lowest BCUT2D eigenvalue weighted by molar-refractivity contribution is -0.157. The van der Waals surface area contributed by atoms with Crippen molar-refractivity contribution in [2.24, 2.45) is 5.73 Å². The average molecular weight is 494 g/mol. The Bertz CT molecular complexity index is 1160. The van der Waals surface area contributed by atoms with Crippen LogP contribution in [0.25, 0.3) is 0 Å². The van der Waals surface area contributed by atoms with E-state index in [2.05, 4.69) is 0 Å². The summed E-state index contributed by atoms with van der Waals surface area (Å²) in [5.41, 5.74) is 7.41. The first-order valence-electron chi connectivity index (χ1n) is 11.6. The third-order valence-electron chi connectivity index (χ3n) is 5.53. The molecule has 6 heteroatoms. The van der Waals surface area contributed by atoms with Gasteiger partial charge in [0.1, 0.15) is 11.6 Å². The number of carbonyl (C=O) groups excluding carboxylic acids is 2. The maximum absolute atomic E-state index is 13.4. The van der Waals surface area contributed by atoms with E-state index in [1.165, 1.54) is 0 Å². The van der Waals surface area contributed by atoms with Gasteiger partial charge in [-0.2, -0.15) is 0 Å². The molecule has 184 valence electrons. The number of halogens is 1. The summed E-state index contributed by atoms with van der Waals surface area (Å²) in [5.74, 6) is -1.06. The zero-order valence-electron chi connectivity index (χ0n) is 20.6. The second-order valence-electron chi connectivity index (χ2n) is 9.55. The first kappa shape index (κ1) is 26.5. The summed E-state index contributed by atoms with van der Waals surface area (Å²) in [4.78, 5) is 25.6. The Morgan fingerprint density at radius 3 is 2.03 bits per heavy atom. The van der Waals surface area contributed by atoms with Gasteiger partial charge < -0.3 is 15.2 Å². The van der Waals surface area contributed by atoms with E-state index in [-0.39, 0.29) is 12.8 Å². The van der Waals surface area contributed by atoms with Crippen LogP contribution in [0.1, 0.15) is 55.9 Å². The maximum atomic E-state index is 13.4. The van der Waals surface area contributed by atoms with E-state index in [1.807, 2.05) is 79.7 Å². The number of aryl methyl sites for hydroxylation is 1. The lowest BCUT2D eigenvalue weighted by Gasteiger charge is -2.36. The van der Waals surface area contributed by atoms with E-state index in [0.29, 0.717) is 10.6 Å². The summed E-state index contributed by atoms with van der Waals surface area (Å²) in [7, 11) is 0. The zero-order chi connectivity index (χ0) is 25.6. The topological polar surface area (TPSA) is 78.6 Å². The van der Waals surface area contributed by atoms with Crippen LogP contribution in [0.3, 0.4) is 0 Å². The predicted molar refractivity (Wildman–Crippen MR) is 138 cm³/mol. The molecule has 35 heavy (non-hydrogen) atoms. The van der Waals surface area contributed by atoms with Crippen LogP contribution < -0.4 is 5.73 Å². The number of nitrogens with two attached hydrogens (primary N) is 1. The van der Waals surface area contributed by atoms with Gasteiger partial charge in [-0.3, -0.25) is 9.59 Å². The maximum Gasteiger partial charge on any atom is 0.324 e. The van der Waals surface area contributed by atoms with Gasteiger partial charge in [0.25, 0.3) is 0 Å². The highest BCUT2D eigenvalue weighted by Crippen LogP contribution is 2.43. The Kier molecular flexibility index (Phi) is 8.36. The molecule has 0 radical (unpaired) electrons. The third kappa shape index (κ3) is 6.50. The molecule has 0 bridgehead atoms. The van der Waals surface area contributed by atoms with Gasteiger partial charge in [-0.05, 0) is 40.2 Å². The molecule has 5 nitrogen and oxygen atoms in total. The molecule has 0 saturated carbocycles. The molecule has 0 aromatic heterocycles. The number of hydrogen-bond donors (Lipinski definition) is 1. The highest BCUT2D eigenvalue weighted by atomic mass is 35.5. The van der Waals surface area contributed by atoms with Crippen LogP contribution in [-0.4, -0.2) is 23.6 Å². The summed E-state index contributed by atoms with van der Waals surface area (Å²) < 4.78 is 11.7. The molecule has 0 aliphatic heterocycles. The van der Waals surface area contributed by atoms with E-state index in [9.17, 15) is 9.59 Å². The Labute approximate surface area is 212 Å². The second kappa shape index (κ2) is 11.1. The third-order valence-corrected chi connectivity index (χ3v) is 5.86. The Balaban J connectivity index is 2.03. The second-order valence-corrected chi connectivity index (χ2v) is 9.95. The van der Waals surface area contributed by atoms with Gasteiger partial charge in [-0.15, -0.1) is 0 Å². The van der Waals surface area contributed by atoms with E-state index >= 15 is 0 Å². The summed E-state index contributed by atoms with van der Waals surface area (Å²) >= 11 is 6.68. The fourth-order valence-corrected chi connectivity index (χ4v) is 4.14. The molecule has 0 spiro atoms. The van der Waals surface area contributed by atoms with E-state index in [4.69, 9.17) is 26.8 Å². The first-order valence-corrected chi connectivity index (χ1v) is 12.0. The van der Waals surface area contributed by atoms with E-state index < -0.39 is 29.2 Å². The van der Waals surface area contributed by atoms with Gasteiger partial charge in [-0.1, -0.05) is 90.0 Å². The van der Waals surface area contributed by atoms with Crippen molar-refractivity contribution in [2.45, 2.75) is 57.8 Å². The van der Waals surface area contributed by atoms with Crippen LogP contribution in [0.4, 0.5) is 0 Å². The number of carbonyl (C=O) groups is 2. The van der Waals surface area contributed by atoms with Gasteiger partial charge >= 0.3 is 11.9 Å². The molecular formula is C29H32ClNO4. The molecular weight excluding hydrogens is 462 g/mol. The summed E-state index contributed by atoms with van der Waals surface area (Å²) in [6.45, 7) is 7.36. The lowest BCUT2D eigenvalue weighted by Crippen LogP contribution is -2.42. The fraction of sp³-hybridized carbons (Fsp3) is 0.310. The Morgan fingerprint density at radius 2 is 1.43 bits per heavy atom.